The second-order valence-corrected chi connectivity index (χ2v) is 12.4. The van der Waals surface area contributed by atoms with Crippen molar-refractivity contribution in [2.75, 3.05) is 19.0 Å². The van der Waals surface area contributed by atoms with E-state index in [1.807, 2.05) is 0 Å². The summed E-state index contributed by atoms with van der Waals surface area (Å²) in [7, 11) is 3.70. The summed E-state index contributed by atoms with van der Waals surface area (Å²) in [5.41, 5.74) is 3.83. The quantitative estimate of drug-likeness (QED) is 0.673. The first-order chi connectivity index (χ1) is 12.1. The fourth-order valence-corrected chi connectivity index (χ4v) is 8.93. The lowest BCUT2D eigenvalue weighted by atomic mass is 9.96. The number of carbonyl (C=O) groups excluding carboxylic acids is 1. The van der Waals surface area contributed by atoms with E-state index in [1.165, 1.54) is 22.1 Å². The summed E-state index contributed by atoms with van der Waals surface area (Å²) in [6.45, 7) is 9.14. The molecule has 0 unspecified atom stereocenters. The number of benzene rings is 2. The highest BCUT2D eigenvalue weighted by molar-refractivity contribution is 7.69. The number of anilines is 1. The van der Waals surface area contributed by atoms with E-state index in [0.717, 1.165) is 0 Å². The molecule has 3 heteroatoms. The summed E-state index contributed by atoms with van der Waals surface area (Å²) < 4.78 is 0. The van der Waals surface area contributed by atoms with Gasteiger partial charge in [0.15, 0.2) is 0 Å². The number of para-hydroxylation sites is 1. The van der Waals surface area contributed by atoms with Crippen molar-refractivity contribution in [3.63, 3.8) is 0 Å². The summed E-state index contributed by atoms with van der Waals surface area (Å²) in [6, 6.07) is 17.5. The minimum absolute atomic E-state index is 0.0112. The minimum atomic E-state index is -0.495. The Kier molecular flexibility index (Phi) is 5.01. The Bertz CT molecular complexity index is 802. The normalized spacial score (nSPS) is 19.4. The zero-order valence-electron chi connectivity index (χ0n) is 16.8. The SMILES string of the molecule is CN(C)c1ccccc1-c1ccccc1P1C(C)(C)CC(=O)CC1(C)C. The van der Waals surface area contributed by atoms with Crippen LogP contribution in [0.5, 0.6) is 0 Å². The molecular formula is C23H30NOP. The topological polar surface area (TPSA) is 20.3 Å². The Morgan fingerprint density at radius 3 is 1.88 bits per heavy atom. The molecule has 0 N–H and O–H groups in total. The van der Waals surface area contributed by atoms with Gasteiger partial charge in [0.05, 0.1) is 0 Å². The molecule has 1 fully saturated rings. The Labute approximate surface area is 159 Å². The van der Waals surface area contributed by atoms with Gasteiger partial charge in [0.25, 0.3) is 0 Å². The summed E-state index contributed by atoms with van der Waals surface area (Å²) in [5, 5.41) is 1.45. The molecule has 0 amide bonds. The van der Waals surface area contributed by atoms with Crippen molar-refractivity contribution in [1.82, 2.24) is 0 Å². The lowest BCUT2D eigenvalue weighted by molar-refractivity contribution is -0.120. The molecule has 0 atom stereocenters. The second kappa shape index (κ2) is 6.82. The van der Waals surface area contributed by atoms with Gasteiger partial charge in [-0.05, 0) is 27.2 Å². The molecule has 1 heterocycles. The highest BCUT2D eigenvalue weighted by atomic mass is 31.1. The zero-order chi connectivity index (χ0) is 19.1. The van der Waals surface area contributed by atoms with Gasteiger partial charge in [-0.25, -0.2) is 0 Å². The molecule has 0 aliphatic carbocycles. The molecule has 1 saturated heterocycles. The van der Waals surface area contributed by atoms with E-state index in [0.29, 0.717) is 18.6 Å². The number of hydrogen-bond donors (Lipinski definition) is 0. The summed E-state index contributed by atoms with van der Waals surface area (Å²) >= 11 is 0. The smallest absolute Gasteiger partial charge is 0.134 e. The molecule has 0 aromatic heterocycles. The third-order valence-electron chi connectivity index (χ3n) is 5.29. The highest BCUT2D eigenvalue weighted by Crippen LogP contribution is 2.65. The summed E-state index contributed by atoms with van der Waals surface area (Å²) in [6.07, 6.45) is 1.37. The van der Waals surface area contributed by atoms with Crippen LogP contribution in [0.1, 0.15) is 40.5 Å². The van der Waals surface area contributed by atoms with Gasteiger partial charge in [-0.1, -0.05) is 78.1 Å². The van der Waals surface area contributed by atoms with Crippen LogP contribution < -0.4 is 10.2 Å². The van der Waals surface area contributed by atoms with Crippen LogP contribution in [0.3, 0.4) is 0 Å². The van der Waals surface area contributed by atoms with Gasteiger partial charge in [-0.3, -0.25) is 4.79 Å². The van der Waals surface area contributed by atoms with Crippen LogP contribution in [0, 0.1) is 0 Å². The highest BCUT2D eigenvalue weighted by Gasteiger charge is 2.48. The maximum atomic E-state index is 12.4. The Balaban J connectivity index is 2.21. The molecule has 2 aromatic carbocycles. The lowest BCUT2D eigenvalue weighted by Gasteiger charge is -2.49. The van der Waals surface area contributed by atoms with E-state index in [2.05, 4.69) is 95.2 Å². The first-order valence-corrected chi connectivity index (χ1v) is 10.7. The first-order valence-electron chi connectivity index (χ1n) is 9.31. The molecule has 138 valence electrons. The van der Waals surface area contributed by atoms with E-state index in [4.69, 9.17) is 0 Å². The molecule has 1 aliphatic heterocycles. The van der Waals surface area contributed by atoms with Crippen LogP contribution in [0.25, 0.3) is 11.1 Å². The van der Waals surface area contributed by atoms with Crippen molar-refractivity contribution >= 4 is 24.7 Å². The number of rotatable bonds is 3. The third-order valence-corrected chi connectivity index (χ3v) is 8.90. The molecule has 0 bridgehead atoms. The van der Waals surface area contributed by atoms with Crippen LogP contribution in [0.2, 0.25) is 0 Å². The van der Waals surface area contributed by atoms with E-state index >= 15 is 0 Å². The predicted molar refractivity (Wildman–Crippen MR) is 115 cm³/mol. The number of hydrogen-bond acceptors (Lipinski definition) is 2. The standard InChI is InChI=1S/C23H30NOP/c1-22(2)15-17(25)16-23(3,4)26(22)21-14-10-8-12-19(21)18-11-7-9-13-20(18)24(5)6/h7-14H,15-16H2,1-6H3. The lowest BCUT2D eigenvalue weighted by Crippen LogP contribution is -2.43. The Morgan fingerprint density at radius 2 is 1.31 bits per heavy atom. The predicted octanol–water partition coefficient (Wildman–Crippen LogP) is 5.45. The van der Waals surface area contributed by atoms with Gasteiger partial charge >= 0.3 is 0 Å². The van der Waals surface area contributed by atoms with Crippen molar-refractivity contribution in [2.24, 2.45) is 0 Å². The van der Waals surface area contributed by atoms with Crippen LogP contribution in [-0.2, 0) is 4.79 Å². The monoisotopic (exact) mass is 367 g/mol. The molecule has 26 heavy (non-hydrogen) atoms. The minimum Gasteiger partial charge on any atom is -0.377 e. The van der Waals surface area contributed by atoms with Gasteiger partial charge < -0.3 is 4.90 Å². The second-order valence-electron chi connectivity index (χ2n) is 8.78. The average molecular weight is 367 g/mol. The number of carbonyl (C=O) groups is 1. The number of ketones is 1. The third kappa shape index (κ3) is 3.45. The van der Waals surface area contributed by atoms with Crippen LogP contribution in [-0.4, -0.2) is 30.2 Å². The van der Waals surface area contributed by atoms with Crippen molar-refractivity contribution in [1.29, 1.82) is 0 Å². The largest absolute Gasteiger partial charge is 0.377 e. The van der Waals surface area contributed by atoms with Gasteiger partial charge in [0, 0.05) is 38.2 Å². The maximum Gasteiger partial charge on any atom is 0.134 e. The van der Waals surface area contributed by atoms with E-state index < -0.39 is 7.92 Å². The molecule has 0 saturated carbocycles. The van der Waals surface area contributed by atoms with Crippen molar-refractivity contribution in [2.45, 2.75) is 50.8 Å². The fraction of sp³-hybridized carbons (Fsp3) is 0.435. The maximum absolute atomic E-state index is 12.4. The van der Waals surface area contributed by atoms with Crippen LogP contribution in [0.4, 0.5) is 5.69 Å². The zero-order valence-corrected chi connectivity index (χ0v) is 17.7. The van der Waals surface area contributed by atoms with E-state index in [1.54, 1.807) is 0 Å². The van der Waals surface area contributed by atoms with Crippen molar-refractivity contribution in [3.8, 4) is 11.1 Å². The van der Waals surface area contributed by atoms with Crippen LogP contribution in [0.15, 0.2) is 48.5 Å². The Morgan fingerprint density at radius 1 is 0.808 bits per heavy atom. The molecule has 3 rings (SSSR count). The summed E-state index contributed by atoms with van der Waals surface area (Å²) in [5.74, 6) is 0.407. The van der Waals surface area contributed by atoms with Gasteiger partial charge in [-0.15, -0.1) is 0 Å². The molecule has 2 nitrogen and oxygen atoms in total. The molecule has 0 radical (unpaired) electrons. The van der Waals surface area contributed by atoms with Crippen molar-refractivity contribution < 1.29 is 4.79 Å². The Hall–Kier alpha value is -1.66. The molecule has 2 aromatic rings. The average Bonchev–Trinajstić information content (AvgIpc) is 2.52. The van der Waals surface area contributed by atoms with Gasteiger partial charge in [0.1, 0.15) is 5.78 Å². The van der Waals surface area contributed by atoms with E-state index in [9.17, 15) is 4.79 Å². The number of nitrogens with zero attached hydrogens (tertiary/aromatic N) is 1. The molecule has 0 spiro atoms. The number of Topliss-reactive ketones (excluding diaryl/α,β-unsaturated/α-hetero) is 1. The first kappa shape index (κ1) is 19.1. The van der Waals surface area contributed by atoms with Crippen molar-refractivity contribution in [3.05, 3.63) is 48.5 Å². The molecule has 1 aliphatic rings. The van der Waals surface area contributed by atoms with Crippen LogP contribution >= 0.6 is 7.92 Å². The van der Waals surface area contributed by atoms with Gasteiger partial charge in [0.2, 0.25) is 0 Å². The summed E-state index contributed by atoms with van der Waals surface area (Å²) in [4.78, 5) is 14.6. The molecular weight excluding hydrogens is 337 g/mol. The van der Waals surface area contributed by atoms with E-state index in [-0.39, 0.29) is 10.3 Å². The van der Waals surface area contributed by atoms with Gasteiger partial charge in [-0.2, -0.15) is 0 Å². The fourth-order valence-electron chi connectivity index (χ4n) is 4.64.